The van der Waals surface area contributed by atoms with Gasteiger partial charge in [0.15, 0.2) is 15.6 Å². The number of carbonyl (C=O) groups excluding carboxylic acids is 2. The van der Waals surface area contributed by atoms with Gasteiger partial charge >= 0.3 is 0 Å². The molecule has 1 rings (SSSR count). The molecule has 1 aromatic rings. The van der Waals surface area contributed by atoms with Crippen LogP contribution in [0.25, 0.3) is 0 Å². The average molecular weight is 269 g/mol. The van der Waals surface area contributed by atoms with Crippen LogP contribution in [0.2, 0.25) is 0 Å². The van der Waals surface area contributed by atoms with E-state index in [0.717, 1.165) is 6.26 Å². The van der Waals surface area contributed by atoms with E-state index >= 15 is 0 Å². The fourth-order valence-electron chi connectivity index (χ4n) is 1.23. The highest BCUT2D eigenvalue weighted by Gasteiger charge is 2.23. The number of hydrogen-bond acceptors (Lipinski definition) is 4. The van der Waals surface area contributed by atoms with Crippen LogP contribution in [-0.2, 0) is 14.6 Å². The van der Waals surface area contributed by atoms with E-state index in [9.17, 15) is 18.0 Å². The highest BCUT2D eigenvalue weighted by atomic mass is 32.2. The second kappa shape index (κ2) is 5.77. The Morgan fingerprint density at radius 3 is 2.28 bits per heavy atom. The van der Waals surface area contributed by atoms with Crippen LogP contribution in [0.15, 0.2) is 30.3 Å². The smallest absolute Gasteiger partial charge is 0.238 e. The van der Waals surface area contributed by atoms with Gasteiger partial charge in [0.05, 0.1) is 6.54 Å². The van der Waals surface area contributed by atoms with E-state index in [1.54, 1.807) is 30.3 Å². The molecule has 1 atom stereocenters. The Kier molecular flexibility index (Phi) is 4.61. The van der Waals surface area contributed by atoms with Crippen molar-refractivity contribution in [3.8, 4) is 0 Å². The van der Waals surface area contributed by atoms with E-state index in [4.69, 9.17) is 0 Å². The number of rotatable bonds is 5. The van der Waals surface area contributed by atoms with Crippen LogP contribution >= 0.6 is 0 Å². The lowest BCUT2D eigenvalue weighted by molar-refractivity contribution is -0.120. The number of sulfone groups is 1. The van der Waals surface area contributed by atoms with Gasteiger partial charge in [-0.05, 0) is 6.92 Å². The quantitative estimate of drug-likeness (QED) is 0.785. The van der Waals surface area contributed by atoms with Crippen molar-refractivity contribution in [3.05, 3.63) is 35.9 Å². The number of ketones is 1. The third-order valence-electron chi connectivity index (χ3n) is 2.53. The van der Waals surface area contributed by atoms with Gasteiger partial charge in [-0.2, -0.15) is 0 Å². The van der Waals surface area contributed by atoms with Crippen molar-refractivity contribution in [1.29, 1.82) is 0 Å². The zero-order valence-corrected chi connectivity index (χ0v) is 11.0. The lowest BCUT2D eigenvalue weighted by Gasteiger charge is -2.09. The summed E-state index contributed by atoms with van der Waals surface area (Å²) in [4.78, 5) is 23.1. The summed E-state index contributed by atoms with van der Waals surface area (Å²) in [6.45, 7) is 1.08. The summed E-state index contributed by atoms with van der Waals surface area (Å²) in [7, 11) is -3.44. The second-order valence-electron chi connectivity index (χ2n) is 3.98. The molecule has 5 nitrogen and oxygen atoms in total. The van der Waals surface area contributed by atoms with Gasteiger partial charge in [-0.3, -0.25) is 9.59 Å². The molecule has 0 heterocycles. The molecule has 0 spiro atoms. The summed E-state index contributed by atoms with van der Waals surface area (Å²) < 4.78 is 22.3. The minimum Gasteiger partial charge on any atom is -0.348 e. The third-order valence-corrected chi connectivity index (χ3v) is 4.03. The van der Waals surface area contributed by atoms with Crippen LogP contribution in [-0.4, -0.2) is 38.2 Å². The molecule has 0 saturated heterocycles. The van der Waals surface area contributed by atoms with Crippen molar-refractivity contribution in [2.24, 2.45) is 0 Å². The zero-order valence-electron chi connectivity index (χ0n) is 10.2. The lowest BCUT2D eigenvalue weighted by atomic mass is 10.1. The summed E-state index contributed by atoms with van der Waals surface area (Å²) in [5, 5.41) is 1.17. The number of nitrogens with one attached hydrogen (secondary N) is 1. The maximum Gasteiger partial charge on any atom is 0.238 e. The molecule has 1 amide bonds. The fourth-order valence-corrected chi connectivity index (χ4v) is 1.70. The van der Waals surface area contributed by atoms with Crippen LogP contribution in [0.5, 0.6) is 0 Å². The highest BCUT2D eigenvalue weighted by Crippen LogP contribution is 2.00. The first-order valence-corrected chi connectivity index (χ1v) is 7.32. The van der Waals surface area contributed by atoms with E-state index in [-0.39, 0.29) is 12.3 Å². The minimum absolute atomic E-state index is 0.206. The Labute approximate surface area is 106 Å². The van der Waals surface area contributed by atoms with Gasteiger partial charge in [0.2, 0.25) is 5.91 Å². The Balaban J connectivity index is 2.57. The van der Waals surface area contributed by atoms with E-state index in [1.165, 1.54) is 6.92 Å². The Morgan fingerprint density at radius 2 is 1.78 bits per heavy atom. The SMILES string of the molecule is CC(C(=O)NCC(=O)c1ccccc1)S(C)(=O)=O. The van der Waals surface area contributed by atoms with Gasteiger partial charge in [-0.1, -0.05) is 30.3 Å². The van der Waals surface area contributed by atoms with Gasteiger partial charge in [0.1, 0.15) is 5.25 Å². The topological polar surface area (TPSA) is 80.3 Å². The highest BCUT2D eigenvalue weighted by molar-refractivity contribution is 7.92. The first-order chi connectivity index (χ1) is 8.32. The predicted octanol–water partition coefficient (Wildman–Crippen LogP) is 0.419. The zero-order chi connectivity index (χ0) is 13.8. The molecule has 1 N–H and O–H groups in total. The maximum absolute atomic E-state index is 11.7. The molecular formula is C12H15NO4S. The molecule has 1 unspecified atom stereocenters. The Morgan fingerprint density at radius 1 is 1.22 bits per heavy atom. The lowest BCUT2D eigenvalue weighted by Crippen LogP contribution is -2.39. The summed E-state index contributed by atoms with van der Waals surface area (Å²) in [6.07, 6.45) is 0.982. The van der Waals surface area contributed by atoms with Crippen molar-refractivity contribution in [3.63, 3.8) is 0 Å². The van der Waals surface area contributed by atoms with Gasteiger partial charge in [0.25, 0.3) is 0 Å². The number of carbonyl (C=O) groups is 2. The summed E-state index contributed by atoms with van der Waals surface area (Å²) in [5.41, 5.74) is 0.477. The summed E-state index contributed by atoms with van der Waals surface area (Å²) in [5.74, 6) is -0.925. The maximum atomic E-state index is 11.7. The number of amides is 1. The molecule has 0 aliphatic heterocycles. The molecule has 0 bridgehead atoms. The van der Waals surface area contributed by atoms with Crippen molar-refractivity contribution in [2.45, 2.75) is 12.2 Å². The first kappa shape index (κ1) is 14.4. The van der Waals surface area contributed by atoms with Crippen LogP contribution in [0, 0.1) is 0 Å². The van der Waals surface area contributed by atoms with E-state index in [0.29, 0.717) is 5.56 Å². The Hall–Kier alpha value is -1.69. The molecule has 1 aromatic carbocycles. The van der Waals surface area contributed by atoms with Gasteiger partial charge in [-0.25, -0.2) is 8.42 Å². The van der Waals surface area contributed by atoms with Crippen LogP contribution < -0.4 is 5.32 Å². The van der Waals surface area contributed by atoms with Crippen molar-refractivity contribution in [1.82, 2.24) is 5.32 Å². The second-order valence-corrected chi connectivity index (χ2v) is 6.34. The molecule has 0 saturated carbocycles. The van der Waals surface area contributed by atoms with Crippen LogP contribution in [0.4, 0.5) is 0 Å². The molecular weight excluding hydrogens is 254 g/mol. The van der Waals surface area contributed by atoms with Gasteiger partial charge in [-0.15, -0.1) is 0 Å². The van der Waals surface area contributed by atoms with E-state index < -0.39 is 21.0 Å². The fraction of sp³-hybridized carbons (Fsp3) is 0.333. The van der Waals surface area contributed by atoms with Crippen molar-refractivity contribution < 1.29 is 18.0 Å². The molecule has 6 heteroatoms. The predicted molar refractivity (Wildman–Crippen MR) is 68.1 cm³/mol. The minimum atomic E-state index is -3.44. The van der Waals surface area contributed by atoms with Crippen LogP contribution in [0.3, 0.4) is 0 Å². The standard InChI is InChI=1S/C12H15NO4S/c1-9(18(2,16)17)12(15)13-8-11(14)10-6-4-3-5-7-10/h3-7,9H,8H2,1-2H3,(H,13,15). The molecule has 0 fully saturated rings. The monoisotopic (exact) mass is 269 g/mol. The molecule has 0 aliphatic rings. The number of Topliss-reactive ketones (excluding diaryl/α,β-unsaturated/α-hetero) is 1. The summed E-state index contributed by atoms with van der Waals surface area (Å²) >= 11 is 0. The molecule has 18 heavy (non-hydrogen) atoms. The molecule has 98 valence electrons. The van der Waals surface area contributed by atoms with Crippen molar-refractivity contribution in [2.75, 3.05) is 12.8 Å². The molecule has 0 aliphatic carbocycles. The summed E-state index contributed by atoms with van der Waals surface area (Å²) in [6, 6.07) is 8.48. The molecule has 0 aromatic heterocycles. The van der Waals surface area contributed by atoms with Gasteiger partial charge in [0, 0.05) is 11.8 Å². The van der Waals surface area contributed by atoms with Crippen LogP contribution in [0.1, 0.15) is 17.3 Å². The Bertz CT molecular complexity index is 536. The average Bonchev–Trinajstić information content (AvgIpc) is 2.34. The molecule has 0 radical (unpaired) electrons. The number of hydrogen-bond donors (Lipinski definition) is 1. The normalized spacial score (nSPS) is 12.8. The first-order valence-electron chi connectivity index (χ1n) is 5.37. The van der Waals surface area contributed by atoms with E-state index in [2.05, 4.69) is 5.32 Å². The van der Waals surface area contributed by atoms with Crippen molar-refractivity contribution >= 4 is 21.5 Å². The number of benzene rings is 1. The van der Waals surface area contributed by atoms with E-state index in [1.807, 2.05) is 0 Å². The third kappa shape index (κ3) is 3.96. The van der Waals surface area contributed by atoms with Gasteiger partial charge < -0.3 is 5.32 Å². The largest absolute Gasteiger partial charge is 0.348 e.